The summed E-state index contributed by atoms with van der Waals surface area (Å²) in [6.07, 6.45) is 3.47. The van der Waals surface area contributed by atoms with E-state index in [0.29, 0.717) is 32.2 Å². The van der Waals surface area contributed by atoms with Crippen molar-refractivity contribution in [1.29, 1.82) is 0 Å². The molecule has 29 heavy (non-hydrogen) atoms. The molecule has 2 fully saturated rings. The van der Waals surface area contributed by atoms with Crippen LogP contribution in [-0.4, -0.2) is 64.9 Å². The highest BCUT2D eigenvalue weighted by atomic mass is 127. The summed E-state index contributed by atoms with van der Waals surface area (Å²) in [5.74, 6) is 1.28. The molecule has 2 N–H and O–H groups in total. The third kappa shape index (κ3) is 7.08. The third-order valence-corrected chi connectivity index (χ3v) is 6.93. The number of nitrogens with one attached hydrogen (secondary N) is 2. The van der Waals surface area contributed by atoms with Gasteiger partial charge in [-0.2, -0.15) is 0 Å². The fourth-order valence-electron chi connectivity index (χ4n) is 3.62. The Hall–Kier alpha value is -0.910. The number of hydrogen-bond acceptors (Lipinski definition) is 4. The maximum atomic E-state index is 12.2. The Labute approximate surface area is 191 Å². The van der Waals surface area contributed by atoms with Crippen molar-refractivity contribution >= 4 is 40.0 Å². The highest BCUT2D eigenvalue weighted by Gasteiger charge is 2.25. The predicted molar refractivity (Wildman–Crippen MR) is 127 cm³/mol. The van der Waals surface area contributed by atoms with Crippen molar-refractivity contribution in [2.75, 3.05) is 45.6 Å². The normalized spacial score (nSPS) is 20.7. The molecule has 164 valence electrons. The second kappa shape index (κ2) is 11.5. The van der Waals surface area contributed by atoms with Gasteiger partial charge in [-0.25, -0.2) is 13.1 Å². The number of hydrogen-bond donors (Lipinski definition) is 2. The molecule has 0 spiro atoms. The van der Waals surface area contributed by atoms with Gasteiger partial charge in [-0.3, -0.25) is 4.99 Å². The standard InChI is InChI=1S/C20H32N4O3S.HI/c1-16-6-3-4-9-18(16)19-15-24(11-12-27-19)20(21-2)22-10-13-28(25,26)23-14-17-7-5-8-17;/h3-4,6,9,17,19,23H,5,7-8,10-15H2,1-2H3,(H,21,22);1H. The summed E-state index contributed by atoms with van der Waals surface area (Å²) < 4.78 is 33.0. The van der Waals surface area contributed by atoms with Gasteiger partial charge in [-0.15, -0.1) is 24.0 Å². The molecule has 9 heteroatoms. The molecule has 1 aromatic rings. The Bertz CT molecular complexity index is 784. The van der Waals surface area contributed by atoms with Crippen molar-refractivity contribution in [3.8, 4) is 0 Å². The molecule has 0 bridgehead atoms. The number of nitrogens with zero attached hydrogens (tertiary/aromatic N) is 2. The van der Waals surface area contributed by atoms with Gasteiger partial charge in [0.05, 0.1) is 18.9 Å². The molecule has 0 amide bonds. The van der Waals surface area contributed by atoms with Crippen LogP contribution in [0.5, 0.6) is 0 Å². The Morgan fingerprint density at radius 3 is 2.72 bits per heavy atom. The Kier molecular flexibility index (Phi) is 9.64. The minimum atomic E-state index is -3.26. The fourth-order valence-corrected chi connectivity index (χ4v) is 4.63. The van der Waals surface area contributed by atoms with Crippen LogP contribution in [0.4, 0.5) is 0 Å². The fraction of sp³-hybridized carbons (Fsp3) is 0.650. The molecule has 1 aliphatic heterocycles. The summed E-state index contributed by atoms with van der Waals surface area (Å²) in [5.41, 5.74) is 2.39. The topological polar surface area (TPSA) is 83.0 Å². The molecular formula is C20H33IN4O3S. The Morgan fingerprint density at radius 1 is 1.31 bits per heavy atom. The lowest BCUT2D eigenvalue weighted by molar-refractivity contribution is -0.00827. The number of rotatable bonds is 7. The van der Waals surface area contributed by atoms with Gasteiger partial charge in [0.1, 0.15) is 6.10 Å². The van der Waals surface area contributed by atoms with Crippen LogP contribution in [0.15, 0.2) is 29.3 Å². The molecule has 2 aliphatic rings. The van der Waals surface area contributed by atoms with Gasteiger partial charge in [0.25, 0.3) is 0 Å². The number of halogens is 1. The van der Waals surface area contributed by atoms with Crippen molar-refractivity contribution in [2.24, 2.45) is 10.9 Å². The summed E-state index contributed by atoms with van der Waals surface area (Å²) in [6, 6.07) is 8.24. The lowest BCUT2D eigenvalue weighted by Crippen LogP contribution is -2.49. The summed E-state index contributed by atoms with van der Waals surface area (Å²) in [7, 11) is -1.53. The van der Waals surface area contributed by atoms with Crippen LogP contribution in [0.25, 0.3) is 0 Å². The number of sulfonamides is 1. The van der Waals surface area contributed by atoms with Crippen molar-refractivity contribution in [3.05, 3.63) is 35.4 Å². The average Bonchev–Trinajstić information content (AvgIpc) is 2.64. The van der Waals surface area contributed by atoms with Gasteiger partial charge in [-0.1, -0.05) is 30.7 Å². The second-order valence-electron chi connectivity index (χ2n) is 7.60. The van der Waals surface area contributed by atoms with E-state index in [1.165, 1.54) is 17.5 Å². The summed E-state index contributed by atoms with van der Waals surface area (Å²) in [5, 5.41) is 3.20. The highest BCUT2D eigenvalue weighted by molar-refractivity contribution is 14.0. The van der Waals surface area contributed by atoms with E-state index in [9.17, 15) is 8.42 Å². The maximum absolute atomic E-state index is 12.2. The lowest BCUT2D eigenvalue weighted by Gasteiger charge is -2.35. The monoisotopic (exact) mass is 536 g/mol. The van der Waals surface area contributed by atoms with E-state index >= 15 is 0 Å². The molecule has 1 heterocycles. The predicted octanol–water partition coefficient (Wildman–Crippen LogP) is 2.28. The summed E-state index contributed by atoms with van der Waals surface area (Å²) in [4.78, 5) is 6.47. The first kappa shape index (κ1) is 24.4. The van der Waals surface area contributed by atoms with E-state index in [2.05, 4.69) is 39.0 Å². The van der Waals surface area contributed by atoms with Crippen LogP contribution in [0.3, 0.4) is 0 Å². The quantitative estimate of drug-likeness (QED) is 0.318. The van der Waals surface area contributed by atoms with Crippen LogP contribution in [-0.2, 0) is 14.8 Å². The molecule has 0 aromatic heterocycles. The van der Waals surface area contributed by atoms with Crippen LogP contribution in [0, 0.1) is 12.8 Å². The largest absolute Gasteiger partial charge is 0.370 e. The minimum Gasteiger partial charge on any atom is -0.370 e. The van der Waals surface area contributed by atoms with Gasteiger partial charge in [0.2, 0.25) is 10.0 Å². The van der Waals surface area contributed by atoms with Gasteiger partial charge in [-0.05, 0) is 36.8 Å². The molecule has 1 saturated carbocycles. The Balaban J connectivity index is 0.00000300. The number of guanidine groups is 1. The zero-order valence-corrected chi connectivity index (χ0v) is 20.4. The van der Waals surface area contributed by atoms with Crippen molar-refractivity contribution < 1.29 is 13.2 Å². The van der Waals surface area contributed by atoms with Gasteiger partial charge < -0.3 is 15.0 Å². The minimum absolute atomic E-state index is 0. The molecule has 1 atom stereocenters. The highest BCUT2D eigenvalue weighted by Crippen LogP contribution is 2.26. The Morgan fingerprint density at radius 2 is 2.07 bits per heavy atom. The van der Waals surface area contributed by atoms with E-state index in [1.807, 2.05) is 12.1 Å². The first-order valence-corrected chi connectivity index (χ1v) is 11.7. The zero-order chi connectivity index (χ0) is 20.0. The average molecular weight is 536 g/mol. The number of morpholine rings is 1. The molecular weight excluding hydrogens is 503 g/mol. The third-order valence-electron chi connectivity index (χ3n) is 5.58. The van der Waals surface area contributed by atoms with Gasteiger partial charge in [0.15, 0.2) is 5.96 Å². The van der Waals surface area contributed by atoms with E-state index < -0.39 is 10.0 Å². The number of aliphatic imine (C=N–C) groups is 1. The number of ether oxygens (including phenoxy) is 1. The molecule has 7 nitrogen and oxygen atoms in total. The molecule has 0 radical (unpaired) electrons. The first-order valence-electron chi connectivity index (χ1n) is 10.1. The number of benzene rings is 1. The SMILES string of the molecule is CN=C(NCCS(=O)(=O)NCC1CCC1)N1CCOC(c2ccccc2C)C1.I. The van der Waals surface area contributed by atoms with Gasteiger partial charge in [0, 0.05) is 26.7 Å². The molecule has 1 aliphatic carbocycles. The van der Waals surface area contributed by atoms with Crippen LogP contribution >= 0.6 is 24.0 Å². The second-order valence-corrected chi connectivity index (χ2v) is 9.53. The van der Waals surface area contributed by atoms with Crippen LogP contribution in [0.2, 0.25) is 0 Å². The van der Waals surface area contributed by atoms with E-state index in [0.717, 1.165) is 25.3 Å². The zero-order valence-electron chi connectivity index (χ0n) is 17.3. The van der Waals surface area contributed by atoms with Crippen LogP contribution < -0.4 is 10.0 Å². The summed E-state index contributed by atoms with van der Waals surface area (Å²) >= 11 is 0. The molecule has 1 saturated heterocycles. The van der Waals surface area contributed by atoms with E-state index in [-0.39, 0.29) is 35.8 Å². The smallest absolute Gasteiger partial charge is 0.213 e. The maximum Gasteiger partial charge on any atom is 0.213 e. The van der Waals surface area contributed by atoms with Crippen molar-refractivity contribution in [2.45, 2.75) is 32.3 Å². The van der Waals surface area contributed by atoms with Crippen molar-refractivity contribution in [3.63, 3.8) is 0 Å². The molecule has 1 unspecified atom stereocenters. The summed E-state index contributed by atoms with van der Waals surface area (Å²) in [6.45, 7) is 5.02. The van der Waals surface area contributed by atoms with E-state index in [1.54, 1.807) is 7.05 Å². The van der Waals surface area contributed by atoms with Crippen molar-refractivity contribution in [1.82, 2.24) is 14.9 Å². The molecule has 3 rings (SSSR count). The number of aryl methyl sites for hydroxylation is 1. The van der Waals surface area contributed by atoms with Gasteiger partial charge >= 0.3 is 0 Å². The first-order chi connectivity index (χ1) is 13.5. The molecule has 1 aromatic carbocycles. The lowest BCUT2D eigenvalue weighted by atomic mass is 9.86. The van der Waals surface area contributed by atoms with Crippen LogP contribution in [0.1, 0.15) is 36.5 Å². The van der Waals surface area contributed by atoms with E-state index in [4.69, 9.17) is 4.74 Å².